The minimum absolute atomic E-state index is 1.10. The van der Waals surface area contributed by atoms with E-state index in [2.05, 4.69) is 228 Å². The third-order valence-corrected chi connectivity index (χ3v) is 13.2. The van der Waals surface area contributed by atoms with E-state index in [0.717, 1.165) is 17.1 Å². The van der Waals surface area contributed by atoms with Gasteiger partial charge in [0.2, 0.25) is 0 Å². The molecule has 2 nitrogen and oxygen atoms in total. The van der Waals surface area contributed by atoms with Crippen LogP contribution in [0.2, 0.25) is 0 Å². The Hall–Kier alpha value is -7.46. The first-order valence-electron chi connectivity index (χ1n) is 20.2. The molecule has 0 bridgehead atoms. The summed E-state index contributed by atoms with van der Waals surface area (Å²) in [5.74, 6) is 0. The van der Waals surface area contributed by atoms with E-state index in [4.69, 9.17) is 0 Å². The fourth-order valence-electron chi connectivity index (χ4n) is 9.21. The van der Waals surface area contributed by atoms with Crippen LogP contribution in [0.5, 0.6) is 0 Å². The molecule has 0 radical (unpaired) electrons. The molecule has 0 amide bonds. The number of para-hydroxylation sites is 2. The van der Waals surface area contributed by atoms with Gasteiger partial charge in [0.1, 0.15) is 0 Å². The van der Waals surface area contributed by atoms with Gasteiger partial charge in [-0.2, -0.15) is 0 Å². The van der Waals surface area contributed by atoms with Crippen molar-refractivity contribution in [1.29, 1.82) is 0 Å². The number of aromatic nitrogens is 1. The van der Waals surface area contributed by atoms with Crippen molar-refractivity contribution in [2.24, 2.45) is 0 Å². The van der Waals surface area contributed by atoms with Gasteiger partial charge in [-0.3, -0.25) is 0 Å². The maximum atomic E-state index is 2.47. The zero-order valence-electron chi connectivity index (χ0n) is 32.1. The largest absolute Gasteiger partial charge is 0.310 e. The van der Waals surface area contributed by atoms with Crippen molar-refractivity contribution in [2.75, 3.05) is 4.90 Å². The molecule has 0 atom stereocenters. The van der Waals surface area contributed by atoms with Gasteiger partial charge in [-0.1, -0.05) is 164 Å². The molecule has 12 aromatic rings. The summed E-state index contributed by atoms with van der Waals surface area (Å²) in [5, 5.41) is 10.1. The van der Waals surface area contributed by atoms with Gasteiger partial charge in [0.05, 0.1) is 16.7 Å². The van der Waals surface area contributed by atoms with Crippen molar-refractivity contribution in [2.45, 2.75) is 0 Å². The van der Waals surface area contributed by atoms with Crippen LogP contribution >= 0.6 is 11.3 Å². The fraction of sp³-hybridized carbons (Fsp3) is 0. The number of fused-ring (bicyclic) bond motifs is 9. The van der Waals surface area contributed by atoms with E-state index in [1.54, 1.807) is 0 Å². The summed E-state index contributed by atoms with van der Waals surface area (Å²) in [7, 11) is 0. The van der Waals surface area contributed by atoms with Crippen LogP contribution in [0.4, 0.5) is 17.1 Å². The Morgan fingerprint density at radius 3 is 1.75 bits per heavy atom. The second-order valence-corrected chi connectivity index (χ2v) is 16.3. The van der Waals surface area contributed by atoms with Gasteiger partial charge in [0, 0.05) is 59.0 Å². The highest BCUT2D eigenvalue weighted by atomic mass is 32.1. The van der Waals surface area contributed by atoms with Gasteiger partial charge >= 0.3 is 0 Å². The van der Waals surface area contributed by atoms with Crippen LogP contribution in [0.1, 0.15) is 0 Å². The number of hydrogen-bond donors (Lipinski definition) is 0. The standard InChI is InChI=1S/C56H36N2S/c1-2-14-41-36-44(34-24-37(41)12-1)57(43-32-27-40(28-33-43)47-19-11-20-51-49-18-7-10-23-54(49)59-56(47)51)42-30-25-39(26-31-42)45-15-5-8-21-52(45)58-53-22-9-6-17-48(53)50-35-29-38-13-3-4-16-46(38)55(50)58/h1-36H. The highest BCUT2D eigenvalue weighted by Gasteiger charge is 2.19. The number of anilines is 3. The van der Waals surface area contributed by atoms with E-state index in [1.807, 2.05) is 11.3 Å². The third kappa shape index (κ3) is 5.47. The molecule has 59 heavy (non-hydrogen) atoms. The number of benzene rings is 10. The maximum Gasteiger partial charge on any atom is 0.0619 e. The van der Waals surface area contributed by atoms with Crippen molar-refractivity contribution < 1.29 is 0 Å². The fourth-order valence-corrected chi connectivity index (χ4v) is 10.4. The van der Waals surface area contributed by atoms with Crippen molar-refractivity contribution in [3.8, 4) is 27.9 Å². The quantitative estimate of drug-likeness (QED) is 0.164. The molecule has 10 aromatic carbocycles. The van der Waals surface area contributed by atoms with Crippen LogP contribution in [-0.2, 0) is 0 Å². The molecule has 0 aliphatic heterocycles. The molecule has 2 aromatic heterocycles. The lowest BCUT2D eigenvalue weighted by molar-refractivity contribution is 1.19. The SMILES string of the molecule is c1ccc(-n2c3ccccc3c3ccc4ccccc4c32)c(-c2ccc(N(c3ccc(-c4cccc5c4sc4ccccc45)cc3)c3ccc4ccccc4c3)cc2)c1. The van der Waals surface area contributed by atoms with Crippen molar-refractivity contribution in [3.63, 3.8) is 0 Å². The Morgan fingerprint density at radius 2 is 0.932 bits per heavy atom. The molecule has 3 heteroatoms. The Morgan fingerprint density at radius 1 is 0.356 bits per heavy atom. The number of rotatable bonds is 6. The zero-order chi connectivity index (χ0) is 38.9. The topological polar surface area (TPSA) is 8.17 Å². The summed E-state index contributed by atoms with van der Waals surface area (Å²) in [6.45, 7) is 0. The molecule has 12 rings (SSSR count). The van der Waals surface area contributed by atoms with E-state index >= 15 is 0 Å². The molecule has 0 saturated heterocycles. The third-order valence-electron chi connectivity index (χ3n) is 12.0. The average Bonchev–Trinajstić information content (AvgIpc) is 3.86. The smallest absolute Gasteiger partial charge is 0.0619 e. The van der Waals surface area contributed by atoms with Crippen LogP contribution < -0.4 is 4.90 Å². The van der Waals surface area contributed by atoms with E-state index in [9.17, 15) is 0 Å². The lowest BCUT2D eigenvalue weighted by atomic mass is 10.0. The van der Waals surface area contributed by atoms with Crippen molar-refractivity contribution in [3.05, 3.63) is 218 Å². The average molecular weight is 769 g/mol. The van der Waals surface area contributed by atoms with Gasteiger partial charge in [-0.15, -0.1) is 11.3 Å². The first-order chi connectivity index (χ1) is 29.3. The Bertz CT molecular complexity index is 3550. The van der Waals surface area contributed by atoms with E-state index in [-0.39, 0.29) is 0 Å². The summed E-state index contributed by atoms with van der Waals surface area (Å²) in [4.78, 5) is 2.38. The van der Waals surface area contributed by atoms with Gasteiger partial charge in [0.25, 0.3) is 0 Å². The van der Waals surface area contributed by atoms with Crippen LogP contribution in [0.15, 0.2) is 218 Å². The molecule has 0 unspecified atom stereocenters. The highest BCUT2D eigenvalue weighted by molar-refractivity contribution is 7.26. The second kappa shape index (κ2) is 13.6. The predicted molar refractivity (Wildman–Crippen MR) is 254 cm³/mol. The van der Waals surface area contributed by atoms with Gasteiger partial charge in [0.15, 0.2) is 0 Å². The summed E-state index contributed by atoms with van der Waals surface area (Å²) in [5.41, 5.74) is 11.8. The lowest BCUT2D eigenvalue weighted by Crippen LogP contribution is -2.10. The molecule has 0 aliphatic carbocycles. The van der Waals surface area contributed by atoms with Crippen LogP contribution in [0.25, 0.3) is 91.5 Å². The van der Waals surface area contributed by atoms with E-state index in [0.29, 0.717) is 0 Å². The summed E-state index contributed by atoms with van der Waals surface area (Å²) in [6.07, 6.45) is 0. The summed E-state index contributed by atoms with van der Waals surface area (Å²) < 4.78 is 5.12. The van der Waals surface area contributed by atoms with Gasteiger partial charge in [-0.05, 0) is 87.4 Å². The Balaban J connectivity index is 0.982. The monoisotopic (exact) mass is 768 g/mol. The summed E-state index contributed by atoms with van der Waals surface area (Å²) in [6, 6.07) is 79.9. The zero-order valence-corrected chi connectivity index (χ0v) is 32.9. The Kier molecular flexibility index (Phi) is 7.75. The minimum Gasteiger partial charge on any atom is -0.310 e. The van der Waals surface area contributed by atoms with Crippen LogP contribution in [0, 0.1) is 0 Å². The number of hydrogen-bond acceptors (Lipinski definition) is 2. The van der Waals surface area contributed by atoms with Gasteiger partial charge < -0.3 is 9.47 Å². The molecule has 2 heterocycles. The molecular formula is C56H36N2S. The Labute approximate surface area is 346 Å². The molecule has 0 aliphatic rings. The first kappa shape index (κ1) is 33.7. The van der Waals surface area contributed by atoms with Crippen molar-refractivity contribution in [1.82, 2.24) is 4.57 Å². The van der Waals surface area contributed by atoms with Crippen molar-refractivity contribution >= 4 is 91.9 Å². The molecule has 276 valence electrons. The molecule has 0 spiro atoms. The summed E-state index contributed by atoms with van der Waals surface area (Å²) >= 11 is 1.88. The lowest BCUT2D eigenvalue weighted by Gasteiger charge is -2.26. The van der Waals surface area contributed by atoms with E-state index in [1.165, 1.54) is 91.5 Å². The number of thiophene rings is 1. The maximum absolute atomic E-state index is 2.47. The predicted octanol–water partition coefficient (Wildman–Crippen LogP) is 16.3. The molecule has 0 fully saturated rings. The first-order valence-corrected chi connectivity index (χ1v) is 21.0. The van der Waals surface area contributed by atoms with E-state index < -0.39 is 0 Å². The highest BCUT2D eigenvalue weighted by Crippen LogP contribution is 2.43. The molecule has 0 N–H and O–H groups in total. The number of nitrogens with zero attached hydrogens (tertiary/aromatic N) is 2. The molecule has 0 saturated carbocycles. The van der Waals surface area contributed by atoms with Gasteiger partial charge in [-0.25, -0.2) is 0 Å². The normalized spacial score (nSPS) is 11.7. The van der Waals surface area contributed by atoms with Crippen LogP contribution in [-0.4, -0.2) is 4.57 Å². The molecular weight excluding hydrogens is 733 g/mol. The van der Waals surface area contributed by atoms with Crippen LogP contribution in [0.3, 0.4) is 0 Å². The minimum atomic E-state index is 1.10. The second-order valence-electron chi connectivity index (χ2n) is 15.3.